The van der Waals surface area contributed by atoms with Crippen LogP contribution in [0.15, 0.2) is 47.5 Å². The zero-order chi connectivity index (χ0) is 19.5. The van der Waals surface area contributed by atoms with Crippen molar-refractivity contribution in [2.75, 3.05) is 13.2 Å². The smallest absolute Gasteiger partial charge is 0.254 e. The molecule has 0 amide bonds. The van der Waals surface area contributed by atoms with Crippen molar-refractivity contribution in [3.8, 4) is 22.9 Å². The summed E-state index contributed by atoms with van der Waals surface area (Å²) in [4.78, 5) is 26.3. The lowest BCUT2D eigenvalue weighted by atomic mass is 10.0. The van der Waals surface area contributed by atoms with E-state index in [0.717, 1.165) is 28.9 Å². The van der Waals surface area contributed by atoms with E-state index in [4.69, 9.17) is 9.72 Å². The van der Waals surface area contributed by atoms with Crippen molar-refractivity contribution in [3.05, 3.63) is 69.9 Å². The van der Waals surface area contributed by atoms with E-state index < -0.39 is 0 Å². The molecule has 1 aliphatic rings. The van der Waals surface area contributed by atoms with Crippen LogP contribution in [0, 0.1) is 0 Å². The first-order valence-electron chi connectivity index (χ1n) is 9.34. The van der Waals surface area contributed by atoms with E-state index in [-0.39, 0.29) is 11.3 Å². The predicted molar refractivity (Wildman–Crippen MR) is 105 cm³/mol. The molecule has 0 fully saturated rings. The maximum atomic E-state index is 12.5. The Bertz CT molecular complexity index is 1030. The van der Waals surface area contributed by atoms with Crippen LogP contribution in [-0.2, 0) is 19.5 Å². The first-order chi connectivity index (χ1) is 13.7. The summed E-state index contributed by atoms with van der Waals surface area (Å²) in [5.41, 5.74) is 3.06. The fourth-order valence-electron chi connectivity index (χ4n) is 3.48. The van der Waals surface area contributed by atoms with Crippen molar-refractivity contribution >= 4 is 0 Å². The van der Waals surface area contributed by atoms with Crippen LogP contribution in [0.3, 0.4) is 0 Å². The van der Waals surface area contributed by atoms with Crippen molar-refractivity contribution in [1.82, 2.24) is 19.9 Å². The molecule has 0 aliphatic carbocycles. The van der Waals surface area contributed by atoms with Gasteiger partial charge in [-0.2, -0.15) is 0 Å². The summed E-state index contributed by atoms with van der Waals surface area (Å²) in [6.45, 7) is 4.22. The molecule has 0 radical (unpaired) electrons. The van der Waals surface area contributed by atoms with Crippen LogP contribution < -0.4 is 10.3 Å². The Morgan fingerprint density at radius 3 is 2.86 bits per heavy atom. The molecule has 0 saturated heterocycles. The molecule has 0 unspecified atom stereocenters. The molecule has 144 valence electrons. The minimum absolute atomic E-state index is 0.0855. The van der Waals surface area contributed by atoms with E-state index >= 15 is 0 Å². The molecule has 7 heteroatoms. The van der Waals surface area contributed by atoms with Gasteiger partial charge in [-0.25, -0.2) is 4.98 Å². The molecule has 7 nitrogen and oxygen atoms in total. The number of nitrogens with zero attached hydrogens (tertiary/aromatic N) is 3. The molecule has 0 saturated carbocycles. The summed E-state index contributed by atoms with van der Waals surface area (Å²) >= 11 is 0. The van der Waals surface area contributed by atoms with Gasteiger partial charge in [0, 0.05) is 48.7 Å². The van der Waals surface area contributed by atoms with E-state index in [1.807, 2.05) is 31.2 Å². The van der Waals surface area contributed by atoms with Gasteiger partial charge in [-0.1, -0.05) is 12.1 Å². The Balaban J connectivity index is 1.59. The van der Waals surface area contributed by atoms with Gasteiger partial charge in [0.05, 0.1) is 12.3 Å². The van der Waals surface area contributed by atoms with E-state index in [1.54, 1.807) is 18.5 Å². The van der Waals surface area contributed by atoms with Crippen LogP contribution in [0.5, 0.6) is 11.5 Å². The highest BCUT2D eigenvalue weighted by Gasteiger charge is 2.22. The van der Waals surface area contributed by atoms with Crippen LogP contribution in [0.2, 0.25) is 0 Å². The van der Waals surface area contributed by atoms with E-state index in [9.17, 15) is 9.90 Å². The molecule has 2 aromatic heterocycles. The van der Waals surface area contributed by atoms with Gasteiger partial charge in [-0.05, 0) is 31.5 Å². The van der Waals surface area contributed by atoms with Gasteiger partial charge in [0.15, 0.2) is 11.5 Å². The third kappa shape index (κ3) is 3.61. The van der Waals surface area contributed by atoms with E-state index in [1.165, 1.54) is 0 Å². The Kier molecular flexibility index (Phi) is 5.08. The van der Waals surface area contributed by atoms with Gasteiger partial charge in [0.2, 0.25) is 0 Å². The zero-order valence-electron chi connectivity index (χ0n) is 15.7. The second-order valence-corrected chi connectivity index (χ2v) is 6.73. The number of aromatic amines is 1. The van der Waals surface area contributed by atoms with Crippen LogP contribution in [-0.4, -0.2) is 38.1 Å². The highest BCUT2D eigenvalue weighted by atomic mass is 16.5. The van der Waals surface area contributed by atoms with Gasteiger partial charge in [0.25, 0.3) is 5.56 Å². The number of phenols is 1. The molecule has 4 rings (SSSR count). The maximum Gasteiger partial charge on any atom is 0.254 e. The minimum Gasteiger partial charge on any atom is -0.504 e. The summed E-state index contributed by atoms with van der Waals surface area (Å²) in [6, 6.07) is 9.17. The average molecular weight is 378 g/mol. The van der Waals surface area contributed by atoms with Gasteiger partial charge in [-0.15, -0.1) is 0 Å². The Morgan fingerprint density at radius 2 is 2.07 bits per heavy atom. The van der Waals surface area contributed by atoms with Gasteiger partial charge >= 0.3 is 0 Å². The second kappa shape index (κ2) is 7.82. The summed E-state index contributed by atoms with van der Waals surface area (Å²) in [7, 11) is 0. The first-order valence-corrected chi connectivity index (χ1v) is 9.34. The monoisotopic (exact) mass is 378 g/mol. The number of pyridine rings is 1. The predicted octanol–water partition coefficient (Wildman–Crippen LogP) is 2.49. The van der Waals surface area contributed by atoms with Crippen molar-refractivity contribution in [2.24, 2.45) is 0 Å². The lowest BCUT2D eigenvalue weighted by molar-refractivity contribution is 0.235. The number of benzene rings is 1. The molecule has 0 bridgehead atoms. The number of phenolic OH excluding ortho intramolecular Hbond substituents is 1. The Hall–Kier alpha value is -3.19. The summed E-state index contributed by atoms with van der Waals surface area (Å²) in [6.07, 6.45) is 3.98. The number of ether oxygens (including phenoxy) is 1. The fraction of sp³-hybridized carbons (Fsp3) is 0.286. The lowest BCUT2D eigenvalue weighted by Crippen LogP contribution is -2.35. The number of hydrogen-bond donors (Lipinski definition) is 2. The SMILES string of the molecule is CCOc1cccc(CN2CCc3c(nc(-c4ccncc4)[nH]c3=O)C2)c1O. The Labute approximate surface area is 162 Å². The fourth-order valence-corrected chi connectivity index (χ4v) is 3.48. The van der Waals surface area contributed by atoms with Gasteiger partial charge in [0.1, 0.15) is 5.82 Å². The molecule has 3 heterocycles. The first kappa shape index (κ1) is 18.2. The lowest BCUT2D eigenvalue weighted by Gasteiger charge is -2.28. The summed E-state index contributed by atoms with van der Waals surface area (Å²) in [5.74, 6) is 1.22. The number of aromatic nitrogens is 3. The van der Waals surface area contributed by atoms with Crippen LogP contribution >= 0.6 is 0 Å². The van der Waals surface area contributed by atoms with Gasteiger partial charge in [-0.3, -0.25) is 14.7 Å². The van der Waals surface area contributed by atoms with Crippen molar-refractivity contribution in [1.29, 1.82) is 0 Å². The number of para-hydroxylation sites is 1. The summed E-state index contributed by atoms with van der Waals surface area (Å²) in [5, 5.41) is 10.5. The number of H-pyrrole nitrogens is 1. The molecule has 0 atom stereocenters. The largest absolute Gasteiger partial charge is 0.504 e. The van der Waals surface area contributed by atoms with Crippen molar-refractivity contribution in [3.63, 3.8) is 0 Å². The Morgan fingerprint density at radius 1 is 1.25 bits per heavy atom. The summed E-state index contributed by atoms with van der Waals surface area (Å²) < 4.78 is 5.47. The standard InChI is InChI=1S/C21H22N4O3/c1-2-28-18-5-3-4-15(19(18)26)12-25-11-8-16-17(13-25)23-20(24-21(16)27)14-6-9-22-10-7-14/h3-7,9-10,26H,2,8,11-13H2,1H3,(H,23,24,27). The normalized spacial score (nSPS) is 13.9. The zero-order valence-corrected chi connectivity index (χ0v) is 15.7. The number of rotatable bonds is 5. The van der Waals surface area contributed by atoms with Crippen LogP contribution in [0.4, 0.5) is 0 Å². The van der Waals surface area contributed by atoms with E-state index in [2.05, 4.69) is 14.9 Å². The molecule has 1 aliphatic heterocycles. The minimum atomic E-state index is -0.0855. The highest BCUT2D eigenvalue weighted by molar-refractivity contribution is 5.54. The molecular weight excluding hydrogens is 356 g/mol. The number of aromatic hydroxyl groups is 1. The third-order valence-electron chi connectivity index (χ3n) is 4.88. The number of hydrogen-bond acceptors (Lipinski definition) is 6. The third-order valence-corrected chi connectivity index (χ3v) is 4.88. The number of fused-ring (bicyclic) bond motifs is 1. The van der Waals surface area contributed by atoms with Crippen molar-refractivity contribution < 1.29 is 9.84 Å². The van der Waals surface area contributed by atoms with Crippen LogP contribution in [0.25, 0.3) is 11.4 Å². The quantitative estimate of drug-likeness (QED) is 0.709. The molecule has 28 heavy (non-hydrogen) atoms. The van der Waals surface area contributed by atoms with E-state index in [0.29, 0.717) is 37.7 Å². The maximum absolute atomic E-state index is 12.5. The average Bonchev–Trinajstić information content (AvgIpc) is 2.71. The number of nitrogens with one attached hydrogen (secondary N) is 1. The molecular formula is C21H22N4O3. The molecule has 0 spiro atoms. The highest BCUT2D eigenvalue weighted by Crippen LogP contribution is 2.31. The molecule has 3 aromatic rings. The van der Waals surface area contributed by atoms with Crippen LogP contribution in [0.1, 0.15) is 23.7 Å². The van der Waals surface area contributed by atoms with Gasteiger partial charge < -0.3 is 14.8 Å². The second-order valence-electron chi connectivity index (χ2n) is 6.73. The van der Waals surface area contributed by atoms with Crippen molar-refractivity contribution in [2.45, 2.75) is 26.4 Å². The molecule has 2 N–H and O–H groups in total. The molecule has 1 aromatic carbocycles. The topological polar surface area (TPSA) is 91.3 Å².